The molecule has 0 aromatic carbocycles. The topological polar surface area (TPSA) is 66.2 Å². The molecule has 1 aromatic heterocycles. The number of hydrogen-bond donors (Lipinski definition) is 2. The van der Waals surface area contributed by atoms with E-state index in [2.05, 4.69) is 25.9 Å². The summed E-state index contributed by atoms with van der Waals surface area (Å²) in [7, 11) is 0. The number of thioether (sulfide) groups is 1. The average molecular weight is 307 g/mol. The van der Waals surface area contributed by atoms with Crippen LogP contribution in [0.25, 0.3) is 0 Å². The smallest absolute Gasteiger partial charge is 0.133 e. The van der Waals surface area contributed by atoms with Crippen molar-refractivity contribution in [2.75, 3.05) is 12.4 Å². The van der Waals surface area contributed by atoms with Crippen LogP contribution in [0, 0.1) is 0 Å². The van der Waals surface area contributed by atoms with Gasteiger partial charge in [0.2, 0.25) is 0 Å². The van der Waals surface area contributed by atoms with Crippen molar-refractivity contribution in [3.05, 3.63) is 16.5 Å². The van der Waals surface area contributed by atoms with Gasteiger partial charge in [0.15, 0.2) is 0 Å². The van der Waals surface area contributed by atoms with Gasteiger partial charge in [0, 0.05) is 17.7 Å². The molecular formula is C10H15BrN2O2S. The maximum Gasteiger partial charge on any atom is 0.133 e. The van der Waals surface area contributed by atoms with Gasteiger partial charge in [-0.2, -0.15) is 0 Å². The van der Waals surface area contributed by atoms with E-state index < -0.39 is 6.10 Å². The Bertz CT molecular complexity index is 350. The van der Waals surface area contributed by atoms with Crippen LogP contribution in [0.5, 0.6) is 0 Å². The van der Waals surface area contributed by atoms with E-state index >= 15 is 0 Å². The van der Waals surface area contributed by atoms with Gasteiger partial charge in [-0.25, -0.2) is 9.97 Å². The maximum absolute atomic E-state index is 9.24. The molecule has 0 bridgehead atoms. The number of aromatic nitrogens is 2. The van der Waals surface area contributed by atoms with Crippen molar-refractivity contribution in [3.63, 3.8) is 0 Å². The number of aliphatic hydroxyl groups is 2. The summed E-state index contributed by atoms with van der Waals surface area (Å²) < 4.78 is 0.743. The molecule has 1 heterocycles. The van der Waals surface area contributed by atoms with E-state index in [1.54, 1.807) is 6.07 Å². The summed E-state index contributed by atoms with van der Waals surface area (Å²) in [5, 5.41) is 18.7. The number of aliphatic hydroxyl groups excluding tert-OH is 2. The Morgan fingerprint density at radius 2 is 2.12 bits per heavy atom. The minimum Gasteiger partial charge on any atom is -0.394 e. The molecule has 0 saturated heterocycles. The summed E-state index contributed by atoms with van der Waals surface area (Å²) >= 11 is 4.74. The van der Waals surface area contributed by atoms with Crippen LogP contribution in [-0.2, 0) is 0 Å². The largest absolute Gasteiger partial charge is 0.394 e. The molecular weight excluding hydrogens is 292 g/mol. The number of halogens is 1. The second-order valence-electron chi connectivity index (χ2n) is 3.69. The second-order valence-corrected chi connectivity index (χ2v) is 5.54. The van der Waals surface area contributed by atoms with Crippen LogP contribution in [0.15, 0.2) is 15.7 Å². The Kier molecular flexibility index (Phi) is 5.68. The third-order valence-corrected chi connectivity index (χ3v) is 3.30. The molecule has 1 rings (SSSR count). The molecule has 0 fully saturated rings. The Labute approximate surface area is 108 Å². The lowest BCUT2D eigenvalue weighted by molar-refractivity contribution is 0.113. The van der Waals surface area contributed by atoms with Crippen LogP contribution in [0.3, 0.4) is 0 Å². The van der Waals surface area contributed by atoms with Crippen molar-refractivity contribution in [2.24, 2.45) is 0 Å². The van der Waals surface area contributed by atoms with Crippen molar-refractivity contribution in [2.45, 2.75) is 30.9 Å². The van der Waals surface area contributed by atoms with Crippen molar-refractivity contribution < 1.29 is 10.2 Å². The summed E-state index contributed by atoms with van der Waals surface area (Å²) in [5.41, 5.74) is 0. The molecule has 0 aliphatic carbocycles. The normalized spacial score (nSPS) is 13.1. The monoisotopic (exact) mass is 306 g/mol. The van der Waals surface area contributed by atoms with Gasteiger partial charge in [-0.3, -0.25) is 0 Å². The zero-order valence-corrected chi connectivity index (χ0v) is 11.6. The zero-order chi connectivity index (χ0) is 12.1. The van der Waals surface area contributed by atoms with E-state index in [9.17, 15) is 5.11 Å². The first-order valence-electron chi connectivity index (χ1n) is 4.99. The number of rotatable bonds is 5. The van der Waals surface area contributed by atoms with Crippen LogP contribution in [0.4, 0.5) is 0 Å². The van der Waals surface area contributed by atoms with E-state index in [0.717, 1.165) is 15.5 Å². The molecule has 0 radical (unpaired) electrons. The summed E-state index contributed by atoms with van der Waals surface area (Å²) in [6, 6.07) is 1.81. The SMILES string of the molecule is CC(C)c1nc(Br)cc(SCC(O)CO)n1. The Morgan fingerprint density at radius 3 is 2.69 bits per heavy atom. The average Bonchev–Trinajstić information content (AvgIpc) is 2.25. The highest BCUT2D eigenvalue weighted by molar-refractivity contribution is 9.10. The molecule has 0 aliphatic heterocycles. The highest BCUT2D eigenvalue weighted by Crippen LogP contribution is 2.22. The predicted octanol–water partition coefficient (Wildman–Crippen LogP) is 1.81. The van der Waals surface area contributed by atoms with Gasteiger partial charge in [-0.1, -0.05) is 13.8 Å². The molecule has 1 atom stereocenters. The molecule has 1 unspecified atom stereocenters. The van der Waals surface area contributed by atoms with Gasteiger partial charge in [0.05, 0.1) is 12.7 Å². The molecule has 1 aromatic rings. The minimum absolute atomic E-state index is 0.226. The fourth-order valence-electron chi connectivity index (χ4n) is 0.980. The predicted molar refractivity (Wildman–Crippen MR) is 67.6 cm³/mol. The lowest BCUT2D eigenvalue weighted by Gasteiger charge is -2.09. The second kappa shape index (κ2) is 6.54. The quantitative estimate of drug-likeness (QED) is 0.641. The third-order valence-electron chi connectivity index (χ3n) is 1.84. The molecule has 2 N–H and O–H groups in total. The Hall–Kier alpha value is -0.170. The van der Waals surface area contributed by atoms with Crippen LogP contribution < -0.4 is 0 Å². The van der Waals surface area contributed by atoms with Gasteiger partial charge in [-0.05, 0) is 15.9 Å². The molecule has 0 spiro atoms. The first-order chi connectivity index (χ1) is 7.52. The van der Waals surface area contributed by atoms with Crippen molar-refractivity contribution in [3.8, 4) is 0 Å². The van der Waals surface area contributed by atoms with E-state index in [-0.39, 0.29) is 12.5 Å². The van der Waals surface area contributed by atoms with Crippen LogP contribution >= 0.6 is 27.7 Å². The van der Waals surface area contributed by atoms with Crippen molar-refractivity contribution in [1.82, 2.24) is 9.97 Å². The third kappa shape index (κ3) is 4.37. The molecule has 4 nitrogen and oxygen atoms in total. The van der Waals surface area contributed by atoms with Gasteiger partial charge in [-0.15, -0.1) is 11.8 Å². The van der Waals surface area contributed by atoms with Gasteiger partial charge >= 0.3 is 0 Å². The fraction of sp³-hybridized carbons (Fsp3) is 0.600. The fourth-order valence-corrected chi connectivity index (χ4v) is 2.35. The summed E-state index contributed by atoms with van der Waals surface area (Å²) in [5.74, 6) is 1.47. The van der Waals surface area contributed by atoms with E-state index in [1.165, 1.54) is 11.8 Å². The van der Waals surface area contributed by atoms with Crippen LogP contribution in [0.1, 0.15) is 25.6 Å². The minimum atomic E-state index is -0.707. The van der Waals surface area contributed by atoms with Gasteiger partial charge in [0.25, 0.3) is 0 Å². The van der Waals surface area contributed by atoms with Gasteiger partial charge in [0.1, 0.15) is 15.5 Å². The summed E-state index contributed by atoms with van der Waals surface area (Å²) in [6.07, 6.45) is -0.707. The number of hydrogen-bond acceptors (Lipinski definition) is 5. The van der Waals surface area contributed by atoms with Crippen LogP contribution in [0.2, 0.25) is 0 Å². The summed E-state index contributed by atoms with van der Waals surface area (Å²) in [4.78, 5) is 8.63. The molecule has 0 amide bonds. The van der Waals surface area contributed by atoms with Crippen molar-refractivity contribution >= 4 is 27.7 Å². The first kappa shape index (κ1) is 13.9. The van der Waals surface area contributed by atoms with Crippen molar-refractivity contribution in [1.29, 1.82) is 0 Å². The Balaban J connectivity index is 2.72. The highest BCUT2D eigenvalue weighted by Gasteiger charge is 2.09. The highest BCUT2D eigenvalue weighted by atomic mass is 79.9. The Morgan fingerprint density at radius 1 is 1.44 bits per heavy atom. The van der Waals surface area contributed by atoms with Gasteiger partial charge < -0.3 is 10.2 Å². The van der Waals surface area contributed by atoms with E-state index in [0.29, 0.717) is 5.75 Å². The lowest BCUT2D eigenvalue weighted by atomic mass is 10.2. The molecule has 6 heteroatoms. The first-order valence-corrected chi connectivity index (χ1v) is 6.77. The molecule has 0 saturated carbocycles. The van der Waals surface area contributed by atoms with E-state index in [4.69, 9.17) is 5.11 Å². The molecule has 0 aliphatic rings. The maximum atomic E-state index is 9.24. The standard InChI is InChI=1S/C10H15BrN2O2S/c1-6(2)10-12-8(11)3-9(13-10)16-5-7(15)4-14/h3,6-7,14-15H,4-5H2,1-2H3. The lowest BCUT2D eigenvalue weighted by Crippen LogP contribution is -2.14. The number of nitrogens with zero attached hydrogens (tertiary/aromatic N) is 2. The molecule has 16 heavy (non-hydrogen) atoms. The zero-order valence-electron chi connectivity index (χ0n) is 9.22. The summed E-state index contributed by atoms with van der Waals surface area (Å²) in [6.45, 7) is 3.83. The van der Waals surface area contributed by atoms with E-state index in [1.807, 2.05) is 13.8 Å². The molecule has 90 valence electrons. The van der Waals surface area contributed by atoms with Crippen LogP contribution in [-0.4, -0.2) is 38.6 Å².